The second-order valence-electron chi connectivity index (χ2n) is 7.66. The van der Waals surface area contributed by atoms with Crippen molar-refractivity contribution < 1.29 is 9.53 Å². The molecule has 8 heteroatoms. The quantitative estimate of drug-likeness (QED) is 0.367. The summed E-state index contributed by atoms with van der Waals surface area (Å²) in [6.07, 6.45) is 4.18. The largest absolute Gasteiger partial charge is 0.385 e. The van der Waals surface area contributed by atoms with Gasteiger partial charge in [0.15, 0.2) is 0 Å². The van der Waals surface area contributed by atoms with Crippen molar-refractivity contribution in [2.24, 2.45) is 0 Å². The summed E-state index contributed by atoms with van der Waals surface area (Å²) in [6, 6.07) is 10.3. The predicted molar refractivity (Wildman–Crippen MR) is 128 cm³/mol. The van der Waals surface area contributed by atoms with Crippen molar-refractivity contribution in [3.8, 4) is 0 Å². The fraction of sp³-hybridized carbons (Fsp3) is 0.435. The molecule has 0 unspecified atom stereocenters. The van der Waals surface area contributed by atoms with E-state index in [2.05, 4.69) is 17.4 Å². The highest BCUT2D eigenvalue weighted by atomic mass is 32.2. The van der Waals surface area contributed by atoms with Crippen molar-refractivity contribution in [3.63, 3.8) is 0 Å². The Morgan fingerprint density at radius 3 is 2.90 bits per heavy atom. The van der Waals surface area contributed by atoms with Gasteiger partial charge in [0.1, 0.15) is 16.5 Å². The second kappa shape index (κ2) is 10.4. The van der Waals surface area contributed by atoms with Crippen molar-refractivity contribution in [1.29, 1.82) is 0 Å². The van der Waals surface area contributed by atoms with Gasteiger partial charge in [0.25, 0.3) is 0 Å². The van der Waals surface area contributed by atoms with Gasteiger partial charge in [-0.05, 0) is 43.4 Å². The molecule has 0 fully saturated rings. The fourth-order valence-corrected chi connectivity index (χ4v) is 5.86. The van der Waals surface area contributed by atoms with Crippen LogP contribution in [0.4, 0.5) is 5.82 Å². The third-order valence-corrected chi connectivity index (χ3v) is 7.49. The lowest BCUT2D eigenvalue weighted by Crippen LogP contribution is -2.36. The first kappa shape index (κ1) is 22.0. The maximum Gasteiger partial charge on any atom is 0.239 e. The van der Waals surface area contributed by atoms with Crippen LogP contribution in [0.15, 0.2) is 35.2 Å². The summed E-state index contributed by atoms with van der Waals surface area (Å²) in [7, 11) is 3.62. The van der Waals surface area contributed by atoms with Crippen LogP contribution >= 0.6 is 23.1 Å². The molecule has 164 valence electrons. The molecule has 1 amide bonds. The van der Waals surface area contributed by atoms with Crippen LogP contribution in [0.3, 0.4) is 0 Å². The van der Waals surface area contributed by atoms with Crippen LogP contribution in [0.25, 0.3) is 10.2 Å². The number of amides is 1. The Morgan fingerprint density at radius 1 is 1.26 bits per heavy atom. The minimum atomic E-state index is -0.00236. The lowest BCUT2D eigenvalue weighted by Gasteiger charge is -2.20. The summed E-state index contributed by atoms with van der Waals surface area (Å²) >= 11 is 3.52. The number of nitrogens with one attached hydrogen (secondary N) is 1. The molecular weight excluding hydrogens is 428 g/mol. The Bertz CT molecular complexity index is 1040. The molecule has 1 aromatic carbocycles. The van der Waals surface area contributed by atoms with E-state index in [1.54, 1.807) is 30.2 Å². The van der Waals surface area contributed by atoms with E-state index in [1.807, 2.05) is 30.1 Å². The minimum Gasteiger partial charge on any atom is -0.385 e. The lowest BCUT2D eigenvalue weighted by molar-refractivity contribution is -0.119. The summed E-state index contributed by atoms with van der Waals surface area (Å²) in [4.78, 5) is 27.9. The number of hydrogen-bond acceptors (Lipinski definition) is 7. The molecule has 1 N–H and O–H groups in total. The van der Waals surface area contributed by atoms with Gasteiger partial charge in [0.05, 0.1) is 17.7 Å². The Balaban J connectivity index is 1.55. The van der Waals surface area contributed by atoms with Gasteiger partial charge in [-0.15, -0.1) is 23.1 Å². The normalized spacial score (nSPS) is 12.8. The highest BCUT2D eigenvalue weighted by Crippen LogP contribution is 2.40. The third kappa shape index (κ3) is 5.37. The first-order chi connectivity index (χ1) is 15.2. The zero-order valence-corrected chi connectivity index (χ0v) is 19.7. The monoisotopic (exact) mass is 456 g/mol. The van der Waals surface area contributed by atoms with Crippen molar-refractivity contribution in [3.05, 3.63) is 46.6 Å². The lowest BCUT2D eigenvalue weighted by atomic mass is 10.2. The molecule has 3 aromatic rings. The number of hydrogen-bond donors (Lipinski definition) is 1. The molecule has 0 bridgehead atoms. The summed E-state index contributed by atoms with van der Waals surface area (Å²) in [5.41, 5.74) is 1.38. The number of aromatic nitrogens is 2. The van der Waals surface area contributed by atoms with Gasteiger partial charge >= 0.3 is 0 Å². The van der Waals surface area contributed by atoms with Gasteiger partial charge in [-0.3, -0.25) is 4.79 Å². The number of anilines is 1. The highest BCUT2D eigenvalue weighted by molar-refractivity contribution is 7.98. The van der Waals surface area contributed by atoms with Gasteiger partial charge < -0.3 is 15.0 Å². The topological polar surface area (TPSA) is 67.3 Å². The number of ether oxygens (including phenoxy) is 1. The molecule has 0 radical (unpaired) electrons. The van der Waals surface area contributed by atoms with Crippen molar-refractivity contribution >= 4 is 45.0 Å². The van der Waals surface area contributed by atoms with E-state index in [0.717, 1.165) is 41.1 Å². The van der Waals surface area contributed by atoms with Crippen molar-refractivity contribution in [1.82, 2.24) is 15.3 Å². The van der Waals surface area contributed by atoms with Crippen LogP contribution < -0.4 is 10.2 Å². The number of benzene rings is 1. The fourth-order valence-electron chi connectivity index (χ4n) is 3.82. The molecule has 0 atom stereocenters. The van der Waals surface area contributed by atoms with E-state index in [4.69, 9.17) is 14.7 Å². The summed E-state index contributed by atoms with van der Waals surface area (Å²) < 4.78 is 5.04. The molecule has 31 heavy (non-hydrogen) atoms. The van der Waals surface area contributed by atoms with Gasteiger partial charge in [0.2, 0.25) is 5.91 Å². The number of carbonyl (C=O) groups excluding carboxylic acids is 1. The third-order valence-electron chi connectivity index (χ3n) is 5.29. The zero-order chi connectivity index (χ0) is 21.6. The number of fused-ring (bicyclic) bond motifs is 3. The van der Waals surface area contributed by atoms with Crippen molar-refractivity contribution in [2.75, 3.05) is 38.8 Å². The average Bonchev–Trinajstić information content (AvgIpc) is 3.36. The summed E-state index contributed by atoms with van der Waals surface area (Å²) in [5.74, 6) is 2.38. The molecular formula is C23H28N4O2S2. The van der Waals surface area contributed by atoms with Crippen LogP contribution in [-0.2, 0) is 28.1 Å². The van der Waals surface area contributed by atoms with Crippen LogP contribution in [0.5, 0.6) is 0 Å². The molecule has 2 aromatic heterocycles. The van der Waals surface area contributed by atoms with E-state index in [1.165, 1.54) is 21.8 Å². The van der Waals surface area contributed by atoms with E-state index in [9.17, 15) is 4.79 Å². The Labute approximate surface area is 191 Å². The SMILES string of the molecule is COCCCNC(=O)CN(C)c1nc(CSc2ccccc2)nc2sc3c(c12)CCC3. The number of methoxy groups -OCH3 is 1. The van der Waals surface area contributed by atoms with Crippen LogP contribution in [0.1, 0.15) is 29.1 Å². The van der Waals surface area contributed by atoms with Gasteiger partial charge in [-0.25, -0.2) is 9.97 Å². The Hall–Kier alpha value is -2.16. The molecule has 2 heterocycles. The standard InChI is InChI=1S/C23H28N4O2S2/c1-27(14-20(28)24-12-7-13-29-2)22-21-17-10-6-11-18(17)31-23(21)26-19(25-22)15-30-16-8-4-3-5-9-16/h3-5,8-9H,6-7,10-15H2,1-2H3,(H,24,28). The van der Waals surface area contributed by atoms with E-state index in [0.29, 0.717) is 18.9 Å². The maximum absolute atomic E-state index is 12.5. The Kier molecular flexibility index (Phi) is 7.42. The zero-order valence-electron chi connectivity index (χ0n) is 18.0. The number of carbonyl (C=O) groups is 1. The number of thiophene rings is 1. The molecule has 1 aliphatic carbocycles. The van der Waals surface area contributed by atoms with E-state index >= 15 is 0 Å². The number of thioether (sulfide) groups is 1. The molecule has 0 aliphatic heterocycles. The number of nitrogens with zero attached hydrogens (tertiary/aromatic N) is 3. The number of likely N-dealkylation sites (N-methyl/N-ethyl adjacent to an activating group) is 1. The van der Waals surface area contributed by atoms with Gasteiger partial charge in [-0.1, -0.05) is 18.2 Å². The van der Waals surface area contributed by atoms with Crippen LogP contribution in [0.2, 0.25) is 0 Å². The van der Waals surface area contributed by atoms with Crippen LogP contribution in [0, 0.1) is 0 Å². The molecule has 0 spiro atoms. The molecule has 0 saturated heterocycles. The first-order valence-electron chi connectivity index (χ1n) is 10.6. The minimum absolute atomic E-state index is 0.00236. The number of rotatable bonds is 10. The van der Waals surface area contributed by atoms with Crippen LogP contribution in [-0.4, -0.2) is 49.7 Å². The summed E-state index contributed by atoms with van der Waals surface area (Å²) in [6.45, 7) is 1.54. The highest BCUT2D eigenvalue weighted by Gasteiger charge is 2.24. The smallest absolute Gasteiger partial charge is 0.239 e. The molecule has 6 nitrogen and oxygen atoms in total. The second-order valence-corrected chi connectivity index (χ2v) is 9.79. The molecule has 4 rings (SSSR count). The molecule has 1 aliphatic rings. The predicted octanol–water partition coefficient (Wildman–Crippen LogP) is 4.06. The van der Waals surface area contributed by atoms with Crippen molar-refractivity contribution in [2.45, 2.75) is 36.3 Å². The van der Waals surface area contributed by atoms with E-state index < -0.39 is 0 Å². The van der Waals surface area contributed by atoms with Gasteiger partial charge in [0, 0.05) is 37.1 Å². The maximum atomic E-state index is 12.5. The number of aryl methyl sites for hydroxylation is 2. The average molecular weight is 457 g/mol. The Morgan fingerprint density at radius 2 is 2.10 bits per heavy atom. The molecule has 0 saturated carbocycles. The van der Waals surface area contributed by atoms with E-state index in [-0.39, 0.29) is 12.5 Å². The van der Waals surface area contributed by atoms with Gasteiger partial charge in [-0.2, -0.15) is 0 Å². The summed E-state index contributed by atoms with van der Waals surface area (Å²) in [5, 5.41) is 4.11. The first-order valence-corrected chi connectivity index (χ1v) is 12.4.